The second-order valence-corrected chi connectivity index (χ2v) is 11.1. The molecule has 4 N–H and O–H groups in total. The molecule has 208 valence electrons. The number of aryl methyl sites for hydroxylation is 1. The topological polar surface area (TPSA) is 127 Å². The molecular weight excluding hydrogens is 589 g/mol. The number of aromatic nitrogens is 2. The number of thiazole rings is 1. The number of carbonyl (C=O) groups excluding carboxylic acids is 2. The predicted molar refractivity (Wildman–Crippen MR) is 146 cm³/mol. The maximum atomic E-state index is 12.9. The summed E-state index contributed by atoms with van der Waals surface area (Å²) >= 11 is 13.1. The number of amides is 2. The van der Waals surface area contributed by atoms with Crippen molar-refractivity contribution in [2.24, 2.45) is 11.8 Å². The summed E-state index contributed by atoms with van der Waals surface area (Å²) in [5, 5.41) is 15.8. The van der Waals surface area contributed by atoms with Gasteiger partial charge < -0.3 is 25.6 Å². The van der Waals surface area contributed by atoms with Crippen molar-refractivity contribution in [1.82, 2.24) is 15.3 Å². The van der Waals surface area contributed by atoms with Crippen LogP contribution in [-0.4, -0.2) is 70.9 Å². The van der Waals surface area contributed by atoms with E-state index < -0.39 is 30.0 Å². The van der Waals surface area contributed by atoms with E-state index >= 15 is 0 Å². The van der Waals surface area contributed by atoms with Crippen molar-refractivity contribution in [3.8, 4) is 0 Å². The standard InChI is InChI=1S/C24H20Cl2F3N5O4S.Li.H/c1-9-16(25)17(26)19(30-9)21(36)33-18-12-7-34(8-13(12)18)23-32-14(20(39-23)22(37)38)6-15(35)31-11-4-2-3-10(5-11)24(27,28)29;;/h2-5,12-13,18,30H,6-8H2,1H3,(H,31,35)(H,33,36)(H,37,38);;/t12-,13+,18?;;. The molecule has 3 atom stereocenters. The summed E-state index contributed by atoms with van der Waals surface area (Å²) in [5.74, 6) is -2.06. The van der Waals surface area contributed by atoms with Gasteiger partial charge in [-0.05, 0) is 25.1 Å². The number of alkyl halides is 3. The number of carbonyl (C=O) groups is 3. The number of piperidine rings is 1. The van der Waals surface area contributed by atoms with Crippen LogP contribution in [0.4, 0.5) is 24.0 Å². The number of rotatable bonds is 7. The summed E-state index contributed by atoms with van der Waals surface area (Å²) in [4.78, 5) is 46.0. The molecule has 3 heterocycles. The number of nitrogens with one attached hydrogen (secondary N) is 3. The van der Waals surface area contributed by atoms with Crippen molar-refractivity contribution in [2.75, 3.05) is 23.3 Å². The number of hydrogen-bond donors (Lipinski definition) is 4. The first-order chi connectivity index (χ1) is 18.3. The zero-order valence-electron chi connectivity index (χ0n) is 20.0. The van der Waals surface area contributed by atoms with E-state index in [0.717, 1.165) is 23.5 Å². The molecule has 0 radical (unpaired) electrons. The number of hydrogen-bond acceptors (Lipinski definition) is 6. The first kappa shape index (κ1) is 30.3. The van der Waals surface area contributed by atoms with E-state index in [1.807, 2.05) is 4.90 Å². The molecular formula is C24H21Cl2F3LiN5O4S. The van der Waals surface area contributed by atoms with Crippen LogP contribution >= 0.6 is 34.5 Å². The van der Waals surface area contributed by atoms with E-state index in [4.69, 9.17) is 23.2 Å². The van der Waals surface area contributed by atoms with Gasteiger partial charge in [0.1, 0.15) is 10.6 Å². The minimum atomic E-state index is -4.57. The third kappa shape index (κ3) is 5.99. The number of halogens is 5. The summed E-state index contributed by atoms with van der Waals surface area (Å²) in [7, 11) is 0. The molecule has 3 aromatic rings. The Morgan fingerprint density at radius 1 is 1.20 bits per heavy atom. The van der Waals surface area contributed by atoms with Crippen LogP contribution in [-0.2, 0) is 17.4 Å². The molecule has 5 rings (SSSR count). The van der Waals surface area contributed by atoms with Crippen LogP contribution < -0.4 is 15.5 Å². The number of nitrogens with zero attached hydrogens (tertiary/aromatic N) is 2. The van der Waals surface area contributed by atoms with Crippen LogP contribution in [0.25, 0.3) is 0 Å². The van der Waals surface area contributed by atoms with Gasteiger partial charge in [-0.1, -0.05) is 40.6 Å². The number of benzene rings is 1. The van der Waals surface area contributed by atoms with Gasteiger partial charge in [-0.25, -0.2) is 9.78 Å². The molecule has 2 amide bonds. The van der Waals surface area contributed by atoms with Gasteiger partial charge >= 0.3 is 31.0 Å². The van der Waals surface area contributed by atoms with E-state index in [2.05, 4.69) is 20.6 Å². The first-order valence-corrected chi connectivity index (χ1v) is 13.2. The Morgan fingerprint density at radius 3 is 2.45 bits per heavy atom. The molecule has 0 spiro atoms. The quantitative estimate of drug-likeness (QED) is 0.297. The number of H-pyrrole nitrogens is 1. The van der Waals surface area contributed by atoms with Gasteiger partial charge in [0, 0.05) is 42.3 Å². The Balaban J connectivity index is 0.00000370. The third-order valence-electron chi connectivity index (χ3n) is 6.73. The third-order valence-corrected chi connectivity index (χ3v) is 8.82. The number of carboxylic acid groups (broad SMARTS) is 1. The van der Waals surface area contributed by atoms with Gasteiger partial charge in [-0.15, -0.1) is 0 Å². The van der Waals surface area contributed by atoms with E-state index in [-0.39, 0.29) is 69.6 Å². The monoisotopic (exact) mass is 609 g/mol. The summed E-state index contributed by atoms with van der Waals surface area (Å²) in [5.41, 5.74) is -0.176. The number of carboxylic acids is 1. The van der Waals surface area contributed by atoms with Crippen LogP contribution in [0, 0.1) is 18.8 Å². The number of aromatic carboxylic acids is 1. The van der Waals surface area contributed by atoms with Crippen molar-refractivity contribution >= 4 is 82.0 Å². The van der Waals surface area contributed by atoms with Gasteiger partial charge in [0.2, 0.25) is 5.91 Å². The molecule has 1 unspecified atom stereocenters. The van der Waals surface area contributed by atoms with Crippen LogP contribution in [0.3, 0.4) is 0 Å². The number of anilines is 2. The molecule has 0 bridgehead atoms. The number of fused-ring (bicyclic) bond motifs is 1. The van der Waals surface area contributed by atoms with Gasteiger partial charge in [-0.3, -0.25) is 9.59 Å². The Hall–Kier alpha value is -2.69. The molecule has 40 heavy (non-hydrogen) atoms. The molecule has 1 saturated carbocycles. The van der Waals surface area contributed by atoms with Crippen LogP contribution in [0.1, 0.15) is 37.1 Å². The molecule has 2 aliphatic rings. The molecule has 1 aliphatic heterocycles. The fraction of sp³-hybridized carbons (Fsp3) is 0.333. The first-order valence-electron chi connectivity index (χ1n) is 11.6. The van der Waals surface area contributed by atoms with E-state index in [0.29, 0.717) is 28.9 Å². The Morgan fingerprint density at radius 2 is 1.88 bits per heavy atom. The van der Waals surface area contributed by atoms with Gasteiger partial charge in [0.25, 0.3) is 5.91 Å². The zero-order chi connectivity index (χ0) is 28.2. The number of aromatic amines is 1. The second kappa shape index (κ2) is 11.3. The second-order valence-electron chi connectivity index (χ2n) is 9.37. The van der Waals surface area contributed by atoms with Gasteiger partial charge in [-0.2, -0.15) is 13.2 Å². The predicted octanol–water partition coefficient (Wildman–Crippen LogP) is 4.20. The van der Waals surface area contributed by atoms with Gasteiger partial charge in [0.15, 0.2) is 5.13 Å². The van der Waals surface area contributed by atoms with E-state index in [9.17, 15) is 32.7 Å². The summed E-state index contributed by atoms with van der Waals surface area (Å²) in [6.07, 6.45) is -4.99. The summed E-state index contributed by atoms with van der Waals surface area (Å²) < 4.78 is 38.8. The van der Waals surface area contributed by atoms with Crippen molar-refractivity contribution in [1.29, 1.82) is 0 Å². The van der Waals surface area contributed by atoms with Crippen molar-refractivity contribution < 1.29 is 32.7 Å². The van der Waals surface area contributed by atoms with Crippen molar-refractivity contribution in [2.45, 2.75) is 25.6 Å². The minimum absolute atomic E-state index is 0. The maximum absolute atomic E-state index is 12.9. The average molecular weight is 610 g/mol. The fourth-order valence-corrected chi connectivity index (χ4v) is 6.10. The molecule has 16 heteroatoms. The Kier molecular flexibility index (Phi) is 8.55. The van der Waals surface area contributed by atoms with Crippen LogP contribution in [0.2, 0.25) is 10.0 Å². The van der Waals surface area contributed by atoms with Crippen LogP contribution in [0.5, 0.6) is 0 Å². The summed E-state index contributed by atoms with van der Waals surface area (Å²) in [6.45, 7) is 2.75. The SMILES string of the molecule is Cc1[nH]c(C(=O)NC2[C@H]3CN(c4nc(CC(=O)Nc5cccc(C(F)(F)F)c5)c(C(=O)O)s4)C[C@@H]23)c(Cl)c1Cl.[LiH]. The average Bonchev–Trinajstić information content (AvgIpc) is 3.21. The molecule has 1 saturated heterocycles. The van der Waals surface area contributed by atoms with Crippen LogP contribution in [0.15, 0.2) is 24.3 Å². The molecule has 9 nitrogen and oxygen atoms in total. The Labute approximate surface area is 251 Å². The van der Waals surface area contributed by atoms with E-state index in [1.165, 1.54) is 12.1 Å². The van der Waals surface area contributed by atoms with Crippen molar-refractivity contribution in [3.05, 3.63) is 61.8 Å². The normalized spacial score (nSPS) is 19.6. The molecule has 2 aromatic heterocycles. The zero-order valence-corrected chi connectivity index (χ0v) is 22.4. The molecule has 1 aliphatic carbocycles. The molecule has 2 fully saturated rings. The van der Waals surface area contributed by atoms with Crippen molar-refractivity contribution in [3.63, 3.8) is 0 Å². The van der Waals surface area contributed by atoms with E-state index in [1.54, 1.807) is 6.92 Å². The van der Waals surface area contributed by atoms with Gasteiger partial charge in [0.05, 0.1) is 27.7 Å². The fourth-order valence-electron chi connectivity index (χ4n) is 4.74. The molecule has 1 aromatic carbocycles. The summed E-state index contributed by atoms with van der Waals surface area (Å²) in [6, 6.07) is 4.08. The Bertz CT molecular complexity index is 1490.